The Kier molecular flexibility index (Phi) is 7.24. The molecule has 1 nitrogen and oxygen atoms in total. The van der Waals surface area contributed by atoms with Crippen LogP contribution in [0.5, 0.6) is 0 Å². The third-order valence-electron chi connectivity index (χ3n) is 6.98. The minimum absolute atomic E-state index is 0.354. The molecule has 0 radical (unpaired) electrons. The SMILES string of the molecule is Cc1cc(C=Nc2ccccc2)c([S-])c(C23CC4CC(CC(C4)C2)C3)c1.[Br][Cr+][Br]. The van der Waals surface area contributed by atoms with Crippen LogP contribution < -0.4 is 0 Å². The molecule has 0 amide bonds. The number of hydrogen-bond acceptors (Lipinski definition) is 2. The number of aliphatic imine (C=N–C) groups is 1. The summed E-state index contributed by atoms with van der Waals surface area (Å²) >= 11 is 12.8. The molecule has 4 aliphatic rings. The van der Waals surface area contributed by atoms with Crippen molar-refractivity contribution in [2.45, 2.75) is 55.8 Å². The fourth-order valence-electron chi connectivity index (χ4n) is 6.39. The van der Waals surface area contributed by atoms with E-state index in [4.69, 9.17) is 12.6 Å². The maximum atomic E-state index is 6.01. The van der Waals surface area contributed by atoms with Gasteiger partial charge in [-0.1, -0.05) is 41.5 Å². The molecule has 4 saturated carbocycles. The van der Waals surface area contributed by atoms with Gasteiger partial charge in [-0.3, -0.25) is 4.99 Å². The number of para-hydroxylation sites is 1. The first-order chi connectivity index (χ1) is 14.0. The Bertz CT molecular complexity index is 849. The van der Waals surface area contributed by atoms with Crippen molar-refractivity contribution in [3.05, 3.63) is 59.2 Å². The Morgan fingerprint density at radius 3 is 2.10 bits per heavy atom. The molecule has 153 valence electrons. The summed E-state index contributed by atoms with van der Waals surface area (Å²) in [7, 11) is 0. The van der Waals surface area contributed by atoms with Crippen LogP contribution in [-0.4, -0.2) is 6.21 Å². The minimum atomic E-state index is 0.354. The van der Waals surface area contributed by atoms with Gasteiger partial charge in [-0.05, 0) is 86.3 Å². The molecule has 0 aromatic heterocycles. The van der Waals surface area contributed by atoms with Crippen LogP contribution in [0.2, 0.25) is 0 Å². The van der Waals surface area contributed by atoms with E-state index in [9.17, 15) is 0 Å². The number of aryl methyl sites for hydroxylation is 1. The topological polar surface area (TPSA) is 12.4 Å². The molecule has 29 heavy (non-hydrogen) atoms. The molecule has 5 heteroatoms. The fourth-order valence-corrected chi connectivity index (χ4v) is 6.78. The van der Waals surface area contributed by atoms with Crippen molar-refractivity contribution in [2.75, 3.05) is 0 Å². The normalized spacial score (nSPS) is 29.6. The van der Waals surface area contributed by atoms with Crippen molar-refractivity contribution in [1.29, 1.82) is 0 Å². The van der Waals surface area contributed by atoms with Gasteiger partial charge in [0, 0.05) is 6.21 Å². The van der Waals surface area contributed by atoms with Crippen molar-refractivity contribution in [2.24, 2.45) is 22.7 Å². The van der Waals surface area contributed by atoms with E-state index in [1.807, 2.05) is 36.5 Å². The van der Waals surface area contributed by atoms with Crippen LogP contribution in [0.15, 0.2) is 52.4 Å². The van der Waals surface area contributed by atoms with E-state index in [0.717, 1.165) is 33.9 Å². The predicted molar refractivity (Wildman–Crippen MR) is 128 cm³/mol. The van der Waals surface area contributed by atoms with Crippen LogP contribution in [0.4, 0.5) is 5.69 Å². The van der Waals surface area contributed by atoms with Crippen molar-refractivity contribution in [3.8, 4) is 0 Å². The van der Waals surface area contributed by atoms with Crippen LogP contribution in [-0.2, 0) is 29.6 Å². The maximum absolute atomic E-state index is 6.01. The molecule has 0 saturated heterocycles. The summed E-state index contributed by atoms with van der Waals surface area (Å²) < 4.78 is 0. The van der Waals surface area contributed by atoms with Gasteiger partial charge < -0.3 is 12.6 Å². The Labute approximate surface area is 200 Å². The molecule has 4 aliphatic carbocycles. The molecule has 0 unspecified atom stereocenters. The van der Waals surface area contributed by atoms with E-state index < -0.39 is 0 Å². The molecule has 0 heterocycles. The van der Waals surface area contributed by atoms with Crippen molar-refractivity contribution in [3.63, 3.8) is 0 Å². The second kappa shape index (κ2) is 9.53. The van der Waals surface area contributed by atoms with E-state index in [-0.39, 0.29) is 0 Å². The van der Waals surface area contributed by atoms with Gasteiger partial charge in [0.1, 0.15) is 0 Å². The Morgan fingerprint density at radius 1 is 1.00 bits per heavy atom. The number of rotatable bonds is 3. The molecular formula is C24H26Br2CrNS. The van der Waals surface area contributed by atoms with Gasteiger partial charge in [-0.15, -0.1) is 0 Å². The summed E-state index contributed by atoms with van der Waals surface area (Å²) in [6.45, 7) is 2.21. The molecule has 0 N–H and O–H groups in total. The van der Waals surface area contributed by atoms with Crippen LogP contribution in [0.25, 0.3) is 0 Å². The molecule has 4 fully saturated rings. The number of halogens is 2. The molecule has 2 aromatic carbocycles. The summed E-state index contributed by atoms with van der Waals surface area (Å²) in [5, 5.41) is 0. The Hall–Kier alpha value is -0.178. The second-order valence-electron chi connectivity index (χ2n) is 9.08. The van der Waals surface area contributed by atoms with Crippen molar-refractivity contribution in [1.82, 2.24) is 0 Å². The van der Waals surface area contributed by atoms with Crippen molar-refractivity contribution < 1.29 is 11.6 Å². The summed E-state index contributed by atoms with van der Waals surface area (Å²) in [4.78, 5) is 5.73. The van der Waals surface area contributed by atoms with Crippen LogP contribution in [0.1, 0.15) is 55.2 Å². The molecule has 4 bridgehead atoms. The Balaban J connectivity index is 0.000000645. The van der Waals surface area contributed by atoms with E-state index in [0.29, 0.717) is 17.0 Å². The monoisotopic (exact) mass is 570 g/mol. The summed E-state index contributed by atoms with van der Waals surface area (Å²) in [5.74, 6) is 2.83. The average Bonchev–Trinajstić information content (AvgIpc) is 2.69. The van der Waals surface area contributed by atoms with Crippen LogP contribution in [0.3, 0.4) is 0 Å². The predicted octanol–water partition coefficient (Wildman–Crippen LogP) is 7.81. The molecule has 0 aliphatic heterocycles. The van der Waals surface area contributed by atoms with E-state index in [1.165, 1.54) is 49.7 Å². The van der Waals surface area contributed by atoms with Crippen LogP contribution in [0, 0.1) is 24.7 Å². The zero-order valence-corrected chi connectivity index (χ0v) is 21.9. The molecule has 0 atom stereocenters. The van der Waals surface area contributed by atoms with Gasteiger partial charge in [0.2, 0.25) is 0 Å². The standard InChI is InChI=1S/C24H27NS.2BrH.Cr/c1-16-7-20(15-25-21-5-3-2-4-6-21)23(26)22(8-16)24-12-17-9-18(13-24)11-19(10-17)14-24;;;/h2-8,15,17-19,26H,9-14H2,1H3;2*1H;/q;;;+3/p-3. The van der Waals surface area contributed by atoms with E-state index in [2.05, 4.69) is 52.2 Å². The van der Waals surface area contributed by atoms with Gasteiger partial charge in [0.15, 0.2) is 0 Å². The number of hydrogen-bond donors (Lipinski definition) is 0. The molecule has 6 rings (SSSR count). The number of nitrogens with zero attached hydrogens (tertiary/aromatic N) is 1. The zero-order chi connectivity index (χ0) is 20.4. The molecular weight excluding hydrogens is 546 g/mol. The quantitative estimate of drug-likeness (QED) is 0.270. The van der Waals surface area contributed by atoms with Gasteiger partial charge >= 0.3 is 39.7 Å². The van der Waals surface area contributed by atoms with Gasteiger partial charge in [-0.25, -0.2) is 0 Å². The van der Waals surface area contributed by atoms with E-state index in [1.54, 1.807) is 0 Å². The molecule has 0 spiro atoms. The third-order valence-corrected chi connectivity index (χ3v) is 7.44. The summed E-state index contributed by atoms with van der Waals surface area (Å²) in [6.07, 6.45) is 10.5. The van der Waals surface area contributed by atoms with Gasteiger partial charge in [-0.2, -0.15) is 4.90 Å². The zero-order valence-electron chi connectivity index (χ0n) is 16.6. The van der Waals surface area contributed by atoms with Gasteiger partial charge in [0.05, 0.1) is 5.69 Å². The Morgan fingerprint density at radius 2 is 1.55 bits per heavy atom. The van der Waals surface area contributed by atoms with Crippen LogP contribution >= 0.6 is 28.1 Å². The third kappa shape index (κ3) is 4.85. The first kappa shape index (κ1) is 22.0. The van der Waals surface area contributed by atoms with Gasteiger partial charge in [0.25, 0.3) is 0 Å². The molecule has 2 aromatic rings. The summed E-state index contributed by atoms with van der Waals surface area (Å²) in [6, 6.07) is 14.8. The average molecular weight is 572 g/mol. The van der Waals surface area contributed by atoms with Crippen molar-refractivity contribution >= 4 is 52.6 Å². The van der Waals surface area contributed by atoms with E-state index >= 15 is 0 Å². The number of benzene rings is 2. The fraction of sp³-hybridized carbons (Fsp3) is 0.458. The first-order valence-corrected chi connectivity index (χ1v) is 17.0. The summed E-state index contributed by atoms with van der Waals surface area (Å²) in [5.41, 5.74) is 5.24. The first-order valence-electron chi connectivity index (χ1n) is 10.3. The second-order valence-corrected chi connectivity index (χ2v) is 15.9.